The fourth-order valence-corrected chi connectivity index (χ4v) is 1.38. The first kappa shape index (κ1) is 11.1. The number of aromatic nitrogens is 2. The Labute approximate surface area is 96.1 Å². The summed E-state index contributed by atoms with van der Waals surface area (Å²) in [5, 5.41) is 12.4. The molecule has 0 fully saturated rings. The minimum atomic E-state index is -1.35. The first-order chi connectivity index (χ1) is 8.13. The number of hydrogen-bond acceptors (Lipinski definition) is 3. The highest BCUT2D eigenvalue weighted by molar-refractivity contribution is 5.87. The van der Waals surface area contributed by atoms with Gasteiger partial charge in [0.25, 0.3) is 0 Å². The van der Waals surface area contributed by atoms with Crippen LogP contribution in [0.2, 0.25) is 0 Å². The van der Waals surface area contributed by atoms with Crippen LogP contribution in [0, 0.1) is 5.95 Å². The SMILES string of the molecule is COc1ccc(-n2ncc(C(=O)O)c2F)cc1. The number of ether oxygens (including phenoxy) is 1. The Balaban J connectivity index is 2.42. The molecule has 0 saturated carbocycles. The van der Waals surface area contributed by atoms with Crippen molar-refractivity contribution in [3.63, 3.8) is 0 Å². The van der Waals surface area contributed by atoms with Gasteiger partial charge in [-0.05, 0) is 24.3 Å². The predicted molar refractivity (Wildman–Crippen MR) is 57.0 cm³/mol. The third-order valence-corrected chi connectivity index (χ3v) is 2.26. The van der Waals surface area contributed by atoms with Crippen molar-refractivity contribution in [3.05, 3.63) is 42.0 Å². The molecular formula is C11H9FN2O3. The van der Waals surface area contributed by atoms with Crippen LogP contribution in [0.5, 0.6) is 5.75 Å². The molecule has 1 aromatic heterocycles. The highest BCUT2D eigenvalue weighted by Crippen LogP contribution is 2.17. The molecule has 0 aliphatic carbocycles. The summed E-state index contributed by atoms with van der Waals surface area (Å²) >= 11 is 0. The van der Waals surface area contributed by atoms with Crippen LogP contribution in [0.4, 0.5) is 4.39 Å². The van der Waals surface area contributed by atoms with Gasteiger partial charge in [-0.2, -0.15) is 9.49 Å². The van der Waals surface area contributed by atoms with Gasteiger partial charge in [0.1, 0.15) is 11.3 Å². The van der Waals surface area contributed by atoms with Crippen molar-refractivity contribution in [3.8, 4) is 11.4 Å². The van der Waals surface area contributed by atoms with E-state index < -0.39 is 17.5 Å². The predicted octanol–water partition coefficient (Wildman–Crippen LogP) is 1.72. The molecule has 88 valence electrons. The van der Waals surface area contributed by atoms with Gasteiger partial charge < -0.3 is 9.84 Å². The molecule has 0 saturated heterocycles. The average molecular weight is 236 g/mol. The van der Waals surface area contributed by atoms with Gasteiger partial charge in [0.15, 0.2) is 0 Å². The first-order valence-electron chi connectivity index (χ1n) is 4.74. The van der Waals surface area contributed by atoms with Crippen LogP contribution in [0.25, 0.3) is 5.69 Å². The van der Waals surface area contributed by atoms with Crippen LogP contribution in [0.15, 0.2) is 30.5 Å². The summed E-state index contributed by atoms with van der Waals surface area (Å²) in [7, 11) is 1.52. The van der Waals surface area contributed by atoms with Crippen LogP contribution < -0.4 is 4.74 Å². The number of methoxy groups -OCH3 is 1. The van der Waals surface area contributed by atoms with E-state index in [0.717, 1.165) is 10.9 Å². The molecule has 2 aromatic rings. The third kappa shape index (κ3) is 1.96. The van der Waals surface area contributed by atoms with Gasteiger partial charge in [-0.15, -0.1) is 0 Å². The topological polar surface area (TPSA) is 64.4 Å². The second kappa shape index (κ2) is 4.25. The average Bonchev–Trinajstić information content (AvgIpc) is 2.71. The molecule has 1 heterocycles. The Hall–Kier alpha value is -2.37. The molecule has 17 heavy (non-hydrogen) atoms. The van der Waals surface area contributed by atoms with E-state index in [1.165, 1.54) is 7.11 Å². The molecule has 0 atom stereocenters. The molecule has 0 spiro atoms. The fraction of sp³-hybridized carbons (Fsp3) is 0.0909. The van der Waals surface area contributed by atoms with E-state index in [4.69, 9.17) is 9.84 Å². The highest BCUT2D eigenvalue weighted by atomic mass is 19.1. The van der Waals surface area contributed by atoms with Crippen LogP contribution >= 0.6 is 0 Å². The first-order valence-corrected chi connectivity index (χ1v) is 4.74. The zero-order valence-electron chi connectivity index (χ0n) is 8.92. The lowest BCUT2D eigenvalue weighted by atomic mass is 10.3. The zero-order chi connectivity index (χ0) is 12.4. The van der Waals surface area contributed by atoms with Crippen molar-refractivity contribution in [2.24, 2.45) is 0 Å². The van der Waals surface area contributed by atoms with Crippen molar-refractivity contribution in [1.29, 1.82) is 0 Å². The monoisotopic (exact) mass is 236 g/mol. The number of carbonyl (C=O) groups is 1. The van der Waals surface area contributed by atoms with Crippen LogP contribution in [0.1, 0.15) is 10.4 Å². The second-order valence-electron chi connectivity index (χ2n) is 3.26. The molecule has 0 bridgehead atoms. The normalized spacial score (nSPS) is 10.2. The van der Waals surface area contributed by atoms with Crippen molar-refractivity contribution in [2.45, 2.75) is 0 Å². The van der Waals surface area contributed by atoms with E-state index in [9.17, 15) is 9.18 Å². The van der Waals surface area contributed by atoms with Gasteiger partial charge in [-0.3, -0.25) is 0 Å². The maximum atomic E-state index is 13.6. The number of carboxylic acid groups (broad SMARTS) is 1. The van der Waals surface area contributed by atoms with E-state index in [1.807, 2.05) is 0 Å². The Morgan fingerprint density at radius 2 is 2.06 bits per heavy atom. The molecular weight excluding hydrogens is 227 g/mol. The van der Waals surface area contributed by atoms with E-state index in [0.29, 0.717) is 11.4 Å². The molecule has 0 amide bonds. The maximum absolute atomic E-state index is 13.6. The van der Waals surface area contributed by atoms with Gasteiger partial charge in [-0.25, -0.2) is 9.48 Å². The molecule has 0 unspecified atom stereocenters. The van der Waals surface area contributed by atoms with Gasteiger partial charge in [-0.1, -0.05) is 0 Å². The Morgan fingerprint density at radius 3 is 2.53 bits per heavy atom. The fourth-order valence-electron chi connectivity index (χ4n) is 1.38. The smallest absolute Gasteiger partial charge is 0.342 e. The van der Waals surface area contributed by atoms with Crippen LogP contribution in [0.3, 0.4) is 0 Å². The summed E-state index contributed by atoms with van der Waals surface area (Å²) in [6, 6.07) is 6.44. The highest BCUT2D eigenvalue weighted by Gasteiger charge is 2.17. The number of nitrogens with zero attached hydrogens (tertiary/aromatic N) is 2. The molecule has 1 aromatic carbocycles. The summed E-state index contributed by atoms with van der Waals surface area (Å²) in [5.41, 5.74) is -0.0309. The minimum absolute atomic E-state index is 0.427. The van der Waals surface area contributed by atoms with Crippen molar-refractivity contribution < 1.29 is 19.0 Å². The summed E-state index contributed by atoms with van der Waals surface area (Å²) in [5.74, 6) is -1.62. The molecule has 0 aliphatic rings. The van der Waals surface area contributed by atoms with Crippen LogP contribution in [-0.2, 0) is 0 Å². The van der Waals surface area contributed by atoms with Gasteiger partial charge in [0, 0.05) is 0 Å². The number of halogens is 1. The van der Waals surface area contributed by atoms with Crippen molar-refractivity contribution in [1.82, 2.24) is 9.78 Å². The number of aromatic carboxylic acids is 1. The second-order valence-corrected chi connectivity index (χ2v) is 3.26. The summed E-state index contributed by atoms with van der Waals surface area (Å²) in [6.45, 7) is 0. The lowest BCUT2D eigenvalue weighted by Crippen LogP contribution is -2.03. The molecule has 5 nitrogen and oxygen atoms in total. The molecule has 0 radical (unpaired) electrons. The van der Waals surface area contributed by atoms with Crippen molar-refractivity contribution in [2.75, 3.05) is 7.11 Å². The number of rotatable bonds is 3. The van der Waals surface area contributed by atoms with E-state index in [1.54, 1.807) is 24.3 Å². The minimum Gasteiger partial charge on any atom is -0.497 e. The molecule has 1 N–H and O–H groups in total. The Morgan fingerprint density at radius 1 is 1.41 bits per heavy atom. The number of benzene rings is 1. The molecule has 2 rings (SSSR count). The number of carboxylic acids is 1. The largest absolute Gasteiger partial charge is 0.497 e. The summed E-state index contributed by atoms with van der Waals surface area (Å²) in [6.07, 6.45) is 0.974. The molecule has 0 aliphatic heterocycles. The molecule has 6 heteroatoms. The van der Waals surface area contributed by atoms with Crippen molar-refractivity contribution >= 4 is 5.97 Å². The van der Waals surface area contributed by atoms with E-state index in [-0.39, 0.29) is 0 Å². The lowest BCUT2D eigenvalue weighted by molar-refractivity contribution is 0.0691. The Bertz CT molecular complexity index is 548. The summed E-state index contributed by atoms with van der Waals surface area (Å²) in [4.78, 5) is 10.7. The van der Waals surface area contributed by atoms with E-state index >= 15 is 0 Å². The van der Waals surface area contributed by atoms with E-state index in [2.05, 4.69) is 5.10 Å². The lowest BCUT2D eigenvalue weighted by Gasteiger charge is -2.03. The third-order valence-electron chi connectivity index (χ3n) is 2.26. The maximum Gasteiger partial charge on any atom is 0.342 e. The zero-order valence-corrected chi connectivity index (χ0v) is 8.92. The van der Waals surface area contributed by atoms with Crippen LogP contribution in [-0.4, -0.2) is 28.0 Å². The van der Waals surface area contributed by atoms with Gasteiger partial charge >= 0.3 is 5.97 Å². The van der Waals surface area contributed by atoms with Gasteiger partial charge in [0.2, 0.25) is 5.95 Å². The quantitative estimate of drug-likeness (QED) is 0.881. The Kier molecular flexibility index (Phi) is 2.78. The number of hydrogen-bond donors (Lipinski definition) is 1. The summed E-state index contributed by atoms with van der Waals surface area (Å²) < 4.78 is 19.5. The standard InChI is InChI=1S/C11H9FN2O3/c1-17-8-4-2-7(3-5-8)14-10(12)9(6-13-14)11(15)16/h2-6H,1H3,(H,15,16). The van der Waals surface area contributed by atoms with Gasteiger partial charge in [0.05, 0.1) is 19.0 Å².